The smallest absolute Gasteiger partial charge is 0.137 e. The van der Waals surface area contributed by atoms with Crippen LogP contribution in [0.2, 0.25) is 0 Å². The molecule has 0 aliphatic carbocycles. The van der Waals surface area contributed by atoms with Gasteiger partial charge in [-0.2, -0.15) is 0 Å². The fourth-order valence-corrected chi connectivity index (χ4v) is 1.29. The van der Waals surface area contributed by atoms with Crippen molar-refractivity contribution in [2.24, 2.45) is 5.73 Å². The topological polar surface area (TPSA) is 26.0 Å². The fourth-order valence-electron chi connectivity index (χ4n) is 1.29. The minimum Gasteiger partial charge on any atom is -0.330 e. The van der Waals surface area contributed by atoms with E-state index in [9.17, 15) is 8.78 Å². The summed E-state index contributed by atoms with van der Waals surface area (Å²) < 4.78 is 26.9. The van der Waals surface area contributed by atoms with Gasteiger partial charge in [0.25, 0.3) is 0 Å². The maximum absolute atomic E-state index is 13.8. The first-order valence-electron chi connectivity index (χ1n) is 4.22. The van der Waals surface area contributed by atoms with Crippen LogP contribution in [0.3, 0.4) is 0 Å². The van der Waals surface area contributed by atoms with Crippen molar-refractivity contribution in [3.8, 4) is 0 Å². The molecule has 0 spiro atoms. The van der Waals surface area contributed by atoms with Crippen LogP contribution in [0.5, 0.6) is 0 Å². The zero-order valence-corrected chi connectivity index (χ0v) is 7.56. The SMILES string of the molecule is CC(F)(CCN)c1ccccc1F. The van der Waals surface area contributed by atoms with E-state index in [-0.39, 0.29) is 18.5 Å². The summed E-state index contributed by atoms with van der Waals surface area (Å²) in [5.41, 5.74) is 3.66. The molecule has 0 amide bonds. The Kier molecular flexibility index (Phi) is 2.98. The van der Waals surface area contributed by atoms with Gasteiger partial charge in [0.2, 0.25) is 0 Å². The molecule has 0 bridgehead atoms. The number of rotatable bonds is 3. The van der Waals surface area contributed by atoms with Crippen LogP contribution in [-0.4, -0.2) is 6.54 Å². The zero-order valence-electron chi connectivity index (χ0n) is 7.56. The number of hydrogen-bond donors (Lipinski definition) is 1. The Morgan fingerprint density at radius 2 is 2.00 bits per heavy atom. The largest absolute Gasteiger partial charge is 0.330 e. The van der Waals surface area contributed by atoms with E-state index in [1.807, 2.05) is 0 Å². The summed E-state index contributed by atoms with van der Waals surface area (Å²) in [5.74, 6) is -0.513. The second-order valence-electron chi connectivity index (χ2n) is 3.22. The molecular formula is C10H13F2N. The van der Waals surface area contributed by atoms with Crippen LogP contribution in [0.15, 0.2) is 24.3 Å². The standard InChI is InChI=1S/C10H13F2N/c1-10(12,6-7-13)8-4-2-3-5-9(8)11/h2-5H,6-7,13H2,1H3. The van der Waals surface area contributed by atoms with Crippen LogP contribution in [0.25, 0.3) is 0 Å². The van der Waals surface area contributed by atoms with Gasteiger partial charge in [0.1, 0.15) is 11.5 Å². The van der Waals surface area contributed by atoms with Crippen LogP contribution in [0.1, 0.15) is 18.9 Å². The summed E-state index contributed by atoms with van der Waals surface area (Å²) in [4.78, 5) is 0. The summed E-state index contributed by atoms with van der Waals surface area (Å²) in [5, 5.41) is 0. The van der Waals surface area contributed by atoms with Crippen LogP contribution in [0.4, 0.5) is 8.78 Å². The van der Waals surface area contributed by atoms with Crippen molar-refractivity contribution >= 4 is 0 Å². The van der Waals surface area contributed by atoms with Crippen molar-refractivity contribution in [3.05, 3.63) is 35.6 Å². The second kappa shape index (κ2) is 3.83. The highest BCUT2D eigenvalue weighted by atomic mass is 19.1. The van der Waals surface area contributed by atoms with Crippen molar-refractivity contribution in [1.82, 2.24) is 0 Å². The van der Waals surface area contributed by atoms with E-state index in [2.05, 4.69) is 0 Å². The maximum Gasteiger partial charge on any atom is 0.137 e. The lowest BCUT2D eigenvalue weighted by Gasteiger charge is -2.20. The minimum absolute atomic E-state index is 0.0837. The Balaban J connectivity index is 2.99. The average molecular weight is 185 g/mol. The quantitative estimate of drug-likeness (QED) is 0.768. The molecule has 1 rings (SSSR count). The zero-order chi connectivity index (χ0) is 9.90. The van der Waals surface area contributed by atoms with Gasteiger partial charge in [0.15, 0.2) is 0 Å². The Hall–Kier alpha value is -0.960. The van der Waals surface area contributed by atoms with Crippen molar-refractivity contribution in [2.75, 3.05) is 6.54 Å². The van der Waals surface area contributed by atoms with E-state index in [1.54, 1.807) is 6.07 Å². The molecule has 13 heavy (non-hydrogen) atoms. The summed E-state index contributed by atoms with van der Waals surface area (Å²) in [6, 6.07) is 5.86. The third-order valence-electron chi connectivity index (χ3n) is 2.05. The molecule has 72 valence electrons. The number of halogens is 2. The Morgan fingerprint density at radius 1 is 1.38 bits per heavy atom. The Morgan fingerprint density at radius 3 is 2.54 bits per heavy atom. The molecule has 1 aromatic carbocycles. The van der Waals surface area contributed by atoms with Gasteiger partial charge in [0.05, 0.1) is 0 Å². The summed E-state index contributed by atoms with van der Waals surface area (Å²) >= 11 is 0. The highest BCUT2D eigenvalue weighted by molar-refractivity contribution is 5.23. The van der Waals surface area contributed by atoms with Crippen LogP contribution >= 0.6 is 0 Å². The van der Waals surface area contributed by atoms with E-state index in [0.29, 0.717) is 0 Å². The molecule has 0 saturated carbocycles. The van der Waals surface area contributed by atoms with E-state index >= 15 is 0 Å². The maximum atomic E-state index is 13.8. The van der Waals surface area contributed by atoms with Gasteiger partial charge in [-0.15, -0.1) is 0 Å². The first-order chi connectivity index (χ1) is 6.08. The molecule has 1 aromatic rings. The predicted octanol–water partition coefficient (Wildman–Crippen LogP) is 2.36. The van der Waals surface area contributed by atoms with E-state index in [0.717, 1.165) is 0 Å². The normalized spacial score (nSPS) is 15.4. The van der Waals surface area contributed by atoms with Crippen molar-refractivity contribution in [3.63, 3.8) is 0 Å². The van der Waals surface area contributed by atoms with Gasteiger partial charge in [0, 0.05) is 5.56 Å². The van der Waals surface area contributed by atoms with E-state index < -0.39 is 11.5 Å². The molecule has 0 aliphatic rings. The van der Waals surface area contributed by atoms with E-state index in [4.69, 9.17) is 5.73 Å². The summed E-state index contributed by atoms with van der Waals surface area (Å²) in [6.07, 6.45) is 0.133. The molecule has 2 N–H and O–H groups in total. The van der Waals surface area contributed by atoms with Gasteiger partial charge in [-0.05, 0) is 26.0 Å². The second-order valence-corrected chi connectivity index (χ2v) is 3.22. The minimum atomic E-state index is -1.67. The fraction of sp³-hybridized carbons (Fsp3) is 0.400. The van der Waals surface area contributed by atoms with Gasteiger partial charge < -0.3 is 5.73 Å². The lowest BCUT2D eigenvalue weighted by atomic mass is 9.94. The molecule has 3 heteroatoms. The lowest BCUT2D eigenvalue weighted by molar-refractivity contribution is 0.174. The first kappa shape index (κ1) is 10.1. The number of benzene rings is 1. The molecule has 0 heterocycles. The third kappa shape index (κ3) is 2.25. The molecule has 0 fully saturated rings. The Bertz CT molecular complexity index is 284. The highest BCUT2D eigenvalue weighted by Gasteiger charge is 2.27. The van der Waals surface area contributed by atoms with Crippen molar-refractivity contribution < 1.29 is 8.78 Å². The third-order valence-corrected chi connectivity index (χ3v) is 2.05. The molecule has 1 atom stereocenters. The highest BCUT2D eigenvalue weighted by Crippen LogP contribution is 2.30. The monoisotopic (exact) mass is 185 g/mol. The van der Waals surface area contributed by atoms with Gasteiger partial charge in [-0.25, -0.2) is 8.78 Å². The molecule has 1 unspecified atom stereocenters. The lowest BCUT2D eigenvalue weighted by Crippen LogP contribution is -2.21. The van der Waals surface area contributed by atoms with Crippen molar-refractivity contribution in [2.45, 2.75) is 19.0 Å². The first-order valence-corrected chi connectivity index (χ1v) is 4.22. The molecule has 0 saturated heterocycles. The van der Waals surface area contributed by atoms with Crippen molar-refractivity contribution in [1.29, 1.82) is 0 Å². The van der Waals surface area contributed by atoms with Crippen LogP contribution in [0, 0.1) is 5.82 Å². The average Bonchev–Trinajstić information content (AvgIpc) is 2.04. The van der Waals surface area contributed by atoms with E-state index in [1.165, 1.54) is 25.1 Å². The summed E-state index contributed by atoms with van der Waals surface area (Å²) in [7, 11) is 0. The molecule has 0 radical (unpaired) electrons. The number of nitrogens with two attached hydrogens (primary N) is 1. The molecular weight excluding hydrogens is 172 g/mol. The number of hydrogen-bond acceptors (Lipinski definition) is 1. The summed E-state index contributed by atoms with van der Waals surface area (Å²) in [6.45, 7) is 1.56. The molecule has 0 aliphatic heterocycles. The molecule has 0 aromatic heterocycles. The Labute approximate surface area is 76.6 Å². The molecule has 1 nitrogen and oxygen atoms in total. The van der Waals surface area contributed by atoms with Gasteiger partial charge in [-0.1, -0.05) is 18.2 Å². The van der Waals surface area contributed by atoms with Gasteiger partial charge >= 0.3 is 0 Å². The van der Waals surface area contributed by atoms with Gasteiger partial charge in [-0.3, -0.25) is 0 Å². The predicted molar refractivity (Wildman–Crippen MR) is 48.5 cm³/mol. The van der Waals surface area contributed by atoms with Crippen LogP contribution < -0.4 is 5.73 Å². The number of alkyl halides is 1. The van der Waals surface area contributed by atoms with Crippen LogP contribution in [-0.2, 0) is 5.67 Å².